The summed E-state index contributed by atoms with van der Waals surface area (Å²) in [6.45, 7) is 0. The van der Waals surface area contributed by atoms with Crippen molar-refractivity contribution in [1.29, 1.82) is 5.41 Å². The molecule has 0 saturated heterocycles. The minimum absolute atomic E-state index is 0.0201. The number of nitrogens with one attached hydrogen (secondary N) is 1. The maximum absolute atomic E-state index is 10.2. The molecule has 0 aromatic carbocycles. The maximum Gasteiger partial charge on any atom is 0.324 e. The molecular weight excluding hydrogens is 178 g/mol. The summed E-state index contributed by atoms with van der Waals surface area (Å²) in [5, 5.41) is 17.3. The van der Waals surface area contributed by atoms with Crippen molar-refractivity contribution in [3.8, 4) is 0 Å². The summed E-state index contributed by atoms with van der Waals surface area (Å²) >= 11 is 1.05. The molecule has 6 heteroatoms. The number of rotatable bonds is 3. The van der Waals surface area contributed by atoms with E-state index in [-0.39, 0.29) is 10.8 Å². The van der Waals surface area contributed by atoms with Crippen LogP contribution in [-0.4, -0.2) is 10.8 Å². The van der Waals surface area contributed by atoms with Gasteiger partial charge in [-0.15, -0.1) is 0 Å². The molecule has 1 aromatic rings. The van der Waals surface area contributed by atoms with Crippen LogP contribution in [0.15, 0.2) is 12.1 Å². The van der Waals surface area contributed by atoms with Crippen LogP contribution in [0.2, 0.25) is 0 Å². The molecule has 0 amide bonds. The summed E-state index contributed by atoms with van der Waals surface area (Å²) in [4.78, 5) is 10.5. The molecule has 0 aliphatic carbocycles. The van der Waals surface area contributed by atoms with Gasteiger partial charge in [0.15, 0.2) is 0 Å². The van der Waals surface area contributed by atoms with Gasteiger partial charge in [-0.05, 0) is 6.07 Å². The SMILES string of the molecule is N=C(N)Cc1ccc([N+](=O)[O-])s1. The van der Waals surface area contributed by atoms with Crippen LogP contribution in [0, 0.1) is 15.5 Å². The van der Waals surface area contributed by atoms with Crippen LogP contribution in [-0.2, 0) is 6.42 Å². The third kappa shape index (κ3) is 2.03. The Bertz CT molecular complexity index is 320. The largest absolute Gasteiger partial charge is 0.387 e. The molecule has 1 heterocycles. The average molecular weight is 185 g/mol. The Labute approximate surface area is 72.5 Å². The van der Waals surface area contributed by atoms with E-state index in [1.807, 2.05) is 0 Å². The first kappa shape index (κ1) is 8.66. The molecule has 0 aliphatic rings. The predicted octanol–water partition coefficient (Wildman–Crippen LogP) is 1.13. The minimum atomic E-state index is -0.450. The first-order chi connectivity index (χ1) is 5.59. The highest BCUT2D eigenvalue weighted by atomic mass is 32.1. The van der Waals surface area contributed by atoms with Crippen molar-refractivity contribution in [2.45, 2.75) is 6.42 Å². The third-order valence-corrected chi connectivity index (χ3v) is 2.23. The van der Waals surface area contributed by atoms with Crippen molar-refractivity contribution in [3.63, 3.8) is 0 Å². The average Bonchev–Trinajstić information content (AvgIpc) is 2.34. The molecule has 0 unspecified atom stereocenters. The monoisotopic (exact) mass is 185 g/mol. The number of nitrogens with two attached hydrogens (primary N) is 1. The Morgan fingerprint density at radius 2 is 2.42 bits per heavy atom. The Hall–Kier alpha value is -1.43. The van der Waals surface area contributed by atoms with Gasteiger partial charge in [0.2, 0.25) is 0 Å². The zero-order chi connectivity index (χ0) is 9.14. The summed E-state index contributed by atoms with van der Waals surface area (Å²) < 4.78 is 0. The van der Waals surface area contributed by atoms with Crippen LogP contribution in [0.25, 0.3) is 0 Å². The first-order valence-corrected chi connectivity index (χ1v) is 3.97. The quantitative estimate of drug-likeness (QED) is 0.320. The van der Waals surface area contributed by atoms with Crippen molar-refractivity contribution in [1.82, 2.24) is 0 Å². The van der Waals surface area contributed by atoms with Crippen molar-refractivity contribution >= 4 is 22.2 Å². The van der Waals surface area contributed by atoms with E-state index < -0.39 is 4.92 Å². The van der Waals surface area contributed by atoms with Gasteiger partial charge in [-0.1, -0.05) is 11.3 Å². The van der Waals surface area contributed by atoms with E-state index in [0.29, 0.717) is 6.42 Å². The number of thiophene rings is 1. The van der Waals surface area contributed by atoms with Gasteiger partial charge in [-0.3, -0.25) is 15.5 Å². The Kier molecular flexibility index (Phi) is 2.39. The second-order valence-corrected chi connectivity index (χ2v) is 3.35. The van der Waals surface area contributed by atoms with Crippen molar-refractivity contribution in [3.05, 3.63) is 27.1 Å². The van der Waals surface area contributed by atoms with E-state index in [1.165, 1.54) is 6.07 Å². The maximum atomic E-state index is 10.2. The van der Waals surface area contributed by atoms with Crippen molar-refractivity contribution in [2.75, 3.05) is 0 Å². The van der Waals surface area contributed by atoms with Gasteiger partial charge in [0, 0.05) is 17.4 Å². The smallest absolute Gasteiger partial charge is 0.324 e. The first-order valence-electron chi connectivity index (χ1n) is 3.15. The fourth-order valence-electron chi connectivity index (χ4n) is 0.747. The molecule has 3 N–H and O–H groups in total. The van der Waals surface area contributed by atoms with Crippen LogP contribution in [0.3, 0.4) is 0 Å². The van der Waals surface area contributed by atoms with E-state index in [0.717, 1.165) is 16.2 Å². The third-order valence-electron chi connectivity index (χ3n) is 1.19. The fraction of sp³-hybridized carbons (Fsp3) is 0.167. The number of amidine groups is 1. The molecule has 1 rings (SSSR count). The van der Waals surface area contributed by atoms with Gasteiger partial charge in [-0.2, -0.15) is 0 Å². The normalized spacial score (nSPS) is 9.67. The van der Waals surface area contributed by atoms with E-state index >= 15 is 0 Å². The lowest BCUT2D eigenvalue weighted by Gasteiger charge is -1.90. The molecular formula is C6H7N3O2S. The Morgan fingerprint density at radius 3 is 2.83 bits per heavy atom. The predicted molar refractivity (Wildman–Crippen MR) is 46.6 cm³/mol. The van der Waals surface area contributed by atoms with Crippen LogP contribution < -0.4 is 5.73 Å². The van der Waals surface area contributed by atoms with Gasteiger partial charge in [0.1, 0.15) is 0 Å². The van der Waals surface area contributed by atoms with Crippen molar-refractivity contribution < 1.29 is 4.92 Å². The molecule has 0 saturated carbocycles. The van der Waals surface area contributed by atoms with Gasteiger partial charge < -0.3 is 5.73 Å². The standard InChI is InChI=1S/C6H7N3O2S/c7-5(8)3-4-1-2-6(12-4)9(10)11/h1-2H,3H2,(H3,7,8). The molecule has 0 fully saturated rings. The van der Waals surface area contributed by atoms with Gasteiger partial charge in [0.25, 0.3) is 0 Å². The molecule has 1 aromatic heterocycles. The zero-order valence-corrected chi connectivity index (χ0v) is 6.93. The molecule has 0 spiro atoms. The number of hydrogen-bond donors (Lipinski definition) is 2. The summed E-state index contributed by atoms with van der Waals surface area (Å²) in [7, 11) is 0. The molecule has 5 nitrogen and oxygen atoms in total. The second kappa shape index (κ2) is 3.31. The molecule has 0 radical (unpaired) electrons. The zero-order valence-electron chi connectivity index (χ0n) is 6.11. The minimum Gasteiger partial charge on any atom is -0.387 e. The highest BCUT2D eigenvalue weighted by Crippen LogP contribution is 2.23. The Morgan fingerprint density at radius 1 is 1.75 bits per heavy atom. The van der Waals surface area contributed by atoms with Crippen LogP contribution >= 0.6 is 11.3 Å². The highest BCUT2D eigenvalue weighted by molar-refractivity contribution is 7.15. The fourth-order valence-corrected chi connectivity index (χ4v) is 1.59. The van der Waals surface area contributed by atoms with Gasteiger partial charge in [0.05, 0.1) is 10.8 Å². The van der Waals surface area contributed by atoms with E-state index in [2.05, 4.69) is 0 Å². The van der Waals surface area contributed by atoms with E-state index in [4.69, 9.17) is 11.1 Å². The topological polar surface area (TPSA) is 93.0 Å². The summed E-state index contributed by atoms with van der Waals surface area (Å²) in [6.07, 6.45) is 0.290. The molecule has 0 atom stereocenters. The highest BCUT2D eigenvalue weighted by Gasteiger charge is 2.09. The van der Waals surface area contributed by atoms with Gasteiger partial charge in [-0.25, -0.2) is 0 Å². The lowest BCUT2D eigenvalue weighted by molar-refractivity contribution is -0.380. The summed E-state index contributed by atoms with van der Waals surface area (Å²) in [5.74, 6) is 0.0201. The van der Waals surface area contributed by atoms with E-state index in [9.17, 15) is 10.1 Å². The van der Waals surface area contributed by atoms with E-state index in [1.54, 1.807) is 6.07 Å². The van der Waals surface area contributed by atoms with Crippen LogP contribution in [0.1, 0.15) is 4.88 Å². The van der Waals surface area contributed by atoms with Crippen LogP contribution in [0.5, 0.6) is 0 Å². The molecule has 12 heavy (non-hydrogen) atoms. The molecule has 0 aliphatic heterocycles. The number of hydrogen-bond acceptors (Lipinski definition) is 4. The van der Waals surface area contributed by atoms with Gasteiger partial charge >= 0.3 is 5.00 Å². The number of nitrogens with zero attached hydrogens (tertiary/aromatic N) is 1. The second-order valence-electron chi connectivity index (χ2n) is 2.20. The summed E-state index contributed by atoms with van der Waals surface area (Å²) in [6, 6.07) is 3.03. The lowest BCUT2D eigenvalue weighted by Crippen LogP contribution is -2.11. The van der Waals surface area contributed by atoms with Crippen molar-refractivity contribution in [2.24, 2.45) is 5.73 Å². The lowest BCUT2D eigenvalue weighted by atomic mass is 10.3. The van der Waals surface area contributed by atoms with Crippen LogP contribution in [0.4, 0.5) is 5.00 Å². The Balaban J connectivity index is 2.77. The molecule has 64 valence electrons. The molecule has 0 bridgehead atoms. The number of nitro groups is 1. The summed E-state index contributed by atoms with van der Waals surface area (Å²) in [5.41, 5.74) is 5.13.